The fourth-order valence-electron chi connectivity index (χ4n) is 1.08. The van der Waals surface area contributed by atoms with Crippen LogP contribution in [0.3, 0.4) is 0 Å². The lowest BCUT2D eigenvalue weighted by Crippen LogP contribution is -2.16. The van der Waals surface area contributed by atoms with E-state index in [4.69, 9.17) is 4.74 Å². The van der Waals surface area contributed by atoms with Crippen LogP contribution in [0, 0.1) is 5.41 Å². The van der Waals surface area contributed by atoms with Crippen LogP contribution in [-0.2, 0) is 9.53 Å². The van der Waals surface area contributed by atoms with E-state index < -0.39 is 12.1 Å². The molecule has 6 nitrogen and oxygen atoms in total. The van der Waals surface area contributed by atoms with E-state index in [1.807, 2.05) is 20.8 Å². The predicted molar refractivity (Wildman–Crippen MR) is 59.0 cm³/mol. The zero-order chi connectivity index (χ0) is 13.5. The second-order valence-electron chi connectivity index (χ2n) is 4.59. The summed E-state index contributed by atoms with van der Waals surface area (Å²) in [5.74, 6) is -0.566. The molecule has 0 aliphatic rings. The molecule has 0 saturated carbocycles. The number of carbonyl (C=O) groups is 2. The molecule has 0 aromatic heterocycles. The van der Waals surface area contributed by atoms with Crippen LogP contribution in [0.15, 0.2) is 22.0 Å². The number of nitrogens with zero attached hydrogens (tertiary/aromatic N) is 2. The number of carbonyl (C=O) groups excluding carboxylic acids is 2. The van der Waals surface area contributed by atoms with Crippen LogP contribution in [0.25, 0.3) is 0 Å². The second kappa shape index (κ2) is 6.78. The van der Waals surface area contributed by atoms with Crippen molar-refractivity contribution in [2.45, 2.75) is 34.1 Å². The van der Waals surface area contributed by atoms with Crippen molar-refractivity contribution < 1.29 is 19.4 Å². The molecule has 0 fully saturated rings. The Bertz CT molecular complexity index is 340. The Labute approximate surface area is 100 Å². The first-order valence-corrected chi connectivity index (χ1v) is 5.24. The highest BCUT2D eigenvalue weighted by Gasteiger charge is 2.14. The fraction of sp³-hybridized carbons (Fsp3) is 0.636. The summed E-state index contributed by atoms with van der Waals surface area (Å²) >= 11 is 0. The minimum atomic E-state index is -1.64. The molecule has 6 heteroatoms. The summed E-state index contributed by atoms with van der Waals surface area (Å²) in [5, 5.41) is 16.5. The van der Waals surface area contributed by atoms with Gasteiger partial charge >= 0.3 is 5.97 Å². The molecule has 0 aliphatic carbocycles. The van der Waals surface area contributed by atoms with Gasteiger partial charge in [-0.3, -0.25) is 0 Å². The van der Waals surface area contributed by atoms with Gasteiger partial charge in [-0.15, -0.1) is 5.11 Å². The summed E-state index contributed by atoms with van der Waals surface area (Å²) in [7, 11) is 0. The van der Waals surface area contributed by atoms with E-state index in [0.717, 1.165) is 6.08 Å². The summed E-state index contributed by atoms with van der Waals surface area (Å²) in [6.45, 7) is 7.72. The van der Waals surface area contributed by atoms with Crippen molar-refractivity contribution >= 4 is 12.1 Å². The molecule has 0 aromatic carbocycles. The van der Waals surface area contributed by atoms with Gasteiger partial charge in [0.25, 0.3) is 0 Å². The minimum Gasteiger partial charge on any atom is -0.527 e. The number of hydrogen-bond acceptors (Lipinski definition) is 5. The molecule has 0 atom stereocenters. The van der Waals surface area contributed by atoms with Gasteiger partial charge in [-0.05, 0) is 18.8 Å². The van der Waals surface area contributed by atoms with Gasteiger partial charge in [-0.25, -0.2) is 4.79 Å². The molecule has 0 heterocycles. The second-order valence-corrected chi connectivity index (χ2v) is 4.59. The number of allylic oxidation sites excluding steroid dienone is 1. The van der Waals surface area contributed by atoms with Crippen LogP contribution < -0.4 is 5.11 Å². The van der Waals surface area contributed by atoms with Crippen molar-refractivity contribution in [1.82, 2.24) is 0 Å². The number of amides is 1. The standard InChI is InChI=1S/C11H18N2O4/c1-5-17-9(14)6-8(7-11(2,3)4)12-13-10(15)16/h6H,5,7H2,1-4H3,(H,15,16)/p-1. The zero-order valence-corrected chi connectivity index (χ0v) is 10.5. The van der Waals surface area contributed by atoms with Crippen molar-refractivity contribution in [3.8, 4) is 0 Å². The Balaban J connectivity index is 4.84. The van der Waals surface area contributed by atoms with Crippen molar-refractivity contribution in [2.75, 3.05) is 6.61 Å². The van der Waals surface area contributed by atoms with Crippen molar-refractivity contribution in [2.24, 2.45) is 15.6 Å². The highest BCUT2D eigenvalue weighted by Crippen LogP contribution is 2.24. The summed E-state index contributed by atoms with van der Waals surface area (Å²) < 4.78 is 4.71. The number of carboxylic acid groups (broad SMARTS) is 1. The van der Waals surface area contributed by atoms with Crippen LogP contribution in [0.4, 0.5) is 4.79 Å². The van der Waals surface area contributed by atoms with Crippen LogP contribution >= 0.6 is 0 Å². The molecule has 1 amide bonds. The van der Waals surface area contributed by atoms with E-state index in [9.17, 15) is 14.7 Å². The molecule has 0 rings (SSSR count). The Hall–Kier alpha value is -1.72. The average molecular weight is 241 g/mol. The molecular formula is C11H17N2O4-. The maximum absolute atomic E-state index is 11.2. The zero-order valence-electron chi connectivity index (χ0n) is 10.5. The molecule has 96 valence electrons. The largest absolute Gasteiger partial charge is 0.527 e. The van der Waals surface area contributed by atoms with Crippen LogP contribution in [0.2, 0.25) is 0 Å². The Morgan fingerprint density at radius 2 is 1.88 bits per heavy atom. The molecular weight excluding hydrogens is 224 g/mol. The third-order valence-electron chi connectivity index (χ3n) is 1.54. The molecule has 0 unspecified atom stereocenters. The van der Waals surface area contributed by atoms with Gasteiger partial charge in [0.2, 0.25) is 0 Å². The Kier molecular flexibility index (Phi) is 6.09. The van der Waals surface area contributed by atoms with Crippen molar-refractivity contribution in [1.29, 1.82) is 0 Å². The van der Waals surface area contributed by atoms with E-state index in [-0.39, 0.29) is 17.7 Å². The lowest BCUT2D eigenvalue weighted by atomic mass is 9.90. The van der Waals surface area contributed by atoms with Crippen LogP contribution in [0.5, 0.6) is 0 Å². The average Bonchev–Trinajstić information content (AvgIpc) is 2.12. The van der Waals surface area contributed by atoms with Gasteiger partial charge < -0.3 is 14.6 Å². The van der Waals surface area contributed by atoms with E-state index in [1.165, 1.54) is 0 Å². The van der Waals surface area contributed by atoms with Gasteiger partial charge in [0.05, 0.1) is 12.3 Å². The van der Waals surface area contributed by atoms with E-state index >= 15 is 0 Å². The monoisotopic (exact) mass is 241 g/mol. The summed E-state index contributed by atoms with van der Waals surface area (Å²) in [4.78, 5) is 21.4. The highest BCUT2D eigenvalue weighted by atomic mass is 16.5. The SMILES string of the molecule is CCOC(=O)C=C(CC(C)(C)C)N=NC(=O)[O-]. The first kappa shape index (κ1) is 15.3. The van der Waals surface area contributed by atoms with E-state index in [0.29, 0.717) is 6.42 Å². The lowest BCUT2D eigenvalue weighted by molar-refractivity contribution is -0.246. The van der Waals surface area contributed by atoms with Crippen LogP contribution in [0.1, 0.15) is 34.1 Å². The van der Waals surface area contributed by atoms with Gasteiger partial charge in [0.15, 0.2) is 6.09 Å². The maximum atomic E-state index is 11.2. The van der Waals surface area contributed by atoms with Gasteiger partial charge in [-0.2, -0.15) is 5.11 Å². The Morgan fingerprint density at radius 1 is 1.29 bits per heavy atom. The topological polar surface area (TPSA) is 91.2 Å². The third-order valence-corrected chi connectivity index (χ3v) is 1.54. The molecule has 0 N–H and O–H groups in total. The Morgan fingerprint density at radius 3 is 2.29 bits per heavy atom. The maximum Gasteiger partial charge on any atom is 0.332 e. The van der Waals surface area contributed by atoms with Crippen molar-refractivity contribution in [3.05, 3.63) is 11.8 Å². The summed E-state index contributed by atoms with van der Waals surface area (Å²) in [5.41, 5.74) is 0.101. The fourth-order valence-corrected chi connectivity index (χ4v) is 1.08. The third kappa shape index (κ3) is 9.22. The normalized spacial score (nSPS) is 12.8. The number of esters is 1. The quantitative estimate of drug-likeness (QED) is 0.425. The number of azo groups is 1. The lowest BCUT2D eigenvalue weighted by Gasteiger charge is -2.17. The van der Waals surface area contributed by atoms with Crippen LogP contribution in [-0.4, -0.2) is 18.7 Å². The first-order valence-electron chi connectivity index (χ1n) is 5.24. The molecule has 0 radical (unpaired) electrons. The summed E-state index contributed by atoms with van der Waals surface area (Å²) in [6.07, 6.45) is -0.0993. The van der Waals surface area contributed by atoms with Gasteiger partial charge in [0, 0.05) is 6.08 Å². The highest BCUT2D eigenvalue weighted by molar-refractivity contribution is 5.82. The van der Waals surface area contributed by atoms with Crippen molar-refractivity contribution in [3.63, 3.8) is 0 Å². The molecule has 0 spiro atoms. The predicted octanol–water partition coefficient (Wildman–Crippen LogP) is 1.67. The number of ether oxygens (including phenoxy) is 1. The van der Waals surface area contributed by atoms with E-state index in [1.54, 1.807) is 6.92 Å². The molecule has 0 bridgehead atoms. The van der Waals surface area contributed by atoms with E-state index in [2.05, 4.69) is 10.2 Å². The minimum absolute atomic E-state index is 0.150. The van der Waals surface area contributed by atoms with Gasteiger partial charge in [-0.1, -0.05) is 20.8 Å². The number of rotatable bonds is 4. The molecule has 0 saturated heterocycles. The molecule has 17 heavy (non-hydrogen) atoms. The number of hydrogen-bond donors (Lipinski definition) is 0. The first-order chi connectivity index (χ1) is 7.74. The smallest absolute Gasteiger partial charge is 0.332 e. The summed E-state index contributed by atoms with van der Waals surface area (Å²) in [6, 6.07) is 0. The van der Waals surface area contributed by atoms with Gasteiger partial charge in [0.1, 0.15) is 0 Å². The molecule has 0 aromatic rings. The molecule has 0 aliphatic heterocycles.